The van der Waals surface area contributed by atoms with Crippen LogP contribution in [0.1, 0.15) is 44.5 Å². The van der Waals surface area contributed by atoms with E-state index in [0.29, 0.717) is 17.4 Å². The molecular weight excluding hydrogens is 362 g/mol. The first-order chi connectivity index (χ1) is 12.7. The number of fused-ring (bicyclic) bond motifs is 1. The molecule has 0 radical (unpaired) electrons. The smallest absolute Gasteiger partial charge is 0.233 e. The number of nitrogens with zero attached hydrogens (tertiary/aromatic N) is 2. The van der Waals surface area contributed by atoms with E-state index in [9.17, 15) is 14.7 Å². The Hall–Kier alpha value is -2.25. The lowest BCUT2D eigenvalue weighted by molar-refractivity contribution is -0.119. The summed E-state index contributed by atoms with van der Waals surface area (Å²) in [4.78, 5) is 30.7. The molecule has 3 rings (SSSR count). The van der Waals surface area contributed by atoms with Gasteiger partial charge >= 0.3 is 0 Å². The maximum Gasteiger partial charge on any atom is 0.233 e. The Kier molecular flexibility index (Phi) is 5.35. The van der Waals surface area contributed by atoms with Gasteiger partial charge in [-0.1, -0.05) is 26.0 Å². The van der Waals surface area contributed by atoms with Gasteiger partial charge in [0.2, 0.25) is 11.8 Å². The highest BCUT2D eigenvalue weighted by atomic mass is 32.1. The molecule has 0 saturated heterocycles. The number of hydrogen-bond donors (Lipinski definition) is 2. The normalized spacial score (nSPS) is 13.8. The lowest BCUT2D eigenvalue weighted by Gasteiger charge is -2.22. The maximum absolute atomic E-state index is 12.8. The zero-order valence-corrected chi connectivity index (χ0v) is 16.9. The van der Waals surface area contributed by atoms with Crippen LogP contribution in [0.5, 0.6) is 0 Å². The molecule has 6 nitrogen and oxygen atoms in total. The topological polar surface area (TPSA) is 82.5 Å². The monoisotopic (exact) mass is 387 g/mol. The molecule has 1 aromatic carbocycles. The van der Waals surface area contributed by atoms with E-state index in [4.69, 9.17) is 0 Å². The fourth-order valence-corrected chi connectivity index (χ4v) is 3.93. The second-order valence-electron chi connectivity index (χ2n) is 7.62. The molecule has 1 aliphatic rings. The molecule has 0 aliphatic carbocycles. The van der Waals surface area contributed by atoms with Gasteiger partial charge in [-0.15, -0.1) is 11.3 Å². The molecule has 27 heavy (non-hydrogen) atoms. The summed E-state index contributed by atoms with van der Waals surface area (Å²) in [5.74, 6) is -0.242. The van der Waals surface area contributed by atoms with Gasteiger partial charge in [0.15, 0.2) is 5.13 Å². The third-order valence-corrected chi connectivity index (χ3v) is 5.43. The molecule has 0 atom stereocenters. The lowest BCUT2D eigenvalue weighted by atomic mass is 9.92. The van der Waals surface area contributed by atoms with Crippen molar-refractivity contribution in [2.24, 2.45) is 5.92 Å². The number of carbonyl (C=O) groups excluding carboxylic acids is 2. The van der Waals surface area contributed by atoms with Crippen molar-refractivity contribution in [3.63, 3.8) is 0 Å². The standard InChI is InChI=1S/C20H25N3O3S/c1-12(2)18(25)22-19-21-13(11-27-19)10-17(24)23-9-8-14-15(20(3,4)26)6-5-7-16(14)23/h5-7,11-12,26H,8-10H2,1-4H3,(H,21,22,25). The van der Waals surface area contributed by atoms with Crippen LogP contribution in [-0.4, -0.2) is 28.4 Å². The molecule has 2 aromatic rings. The molecule has 1 aliphatic heterocycles. The summed E-state index contributed by atoms with van der Waals surface area (Å²) in [6, 6.07) is 5.71. The zero-order chi connectivity index (χ0) is 19.8. The van der Waals surface area contributed by atoms with Gasteiger partial charge in [0, 0.05) is 23.5 Å². The quantitative estimate of drug-likeness (QED) is 0.826. The second-order valence-corrected chi connectivity index (χ2v) is 8.48. The van der Waals surface area contributed by atoms with Crippen molar-refractivity contribution in [2.45, 2.75) is 46.1 Å². The molecule has 0 saturated carbocycles. The Bertz CT molecular complexity index is 868. The number of benzene rings is 1. The van der Waals surface area contributed by atoms with Crippen LogP contribution in [0.4, 0.5) is 10.8 Å². The van der Waals surface area contributed by atoms with Gasteiger partial charge in [-0.05, 0) is 37.5 Å². The Labute approximate surface area is 163 Å². The van der Waals surface area contributed by atoms with E-state index >= 15 is 0 Å². The first kappa shape index (κ1) is 19.5. The van der Waals surface area contributed by atoms with E-state index < -0.39 is 5.60 Å². The SMILES string of the molecule is CC(C)C(=O)Nc1nc(CC(=O)N2CCc3c2cccc3C(C)(C)O)cs1. The first-order valence-corrected chi connectivity index (χ1v) is 9.95. The van der Waals surface area contributed by atoms with Crippen molar-refractivity contribution in [1.82, 2.24) is 4.98 Å². The van der Waals surface area contributed by atoms with Gasteiger partial charge in [-0.2, -0.15) is 0 Å². The van der Waals surface area contributed by atoms with Crippen LogP contribution in [-0.2, 0) is 28.0 Å². The third-order valence-electron chi connectivity index (χ3n) is 4.63. The summed E-state index contributed by atoms with van der Waals surface area (Å²) >= 11 is 1.32. The minimum atomic E-state index is -0.942. The summed E-state index contributed by atoms with van der Waals surface area (Å²) in [6.45, 7) is 7.76. The fraction of sp³-hybridized carbons (Fsp3) is 0.450. The molecule has 2 heterocycles. The van der Waals surface area contributed by atoms with E-state index in [1.54, 1.807) is 24.1 Å². The van der Waals surface area contributed by atoms with Crippen LogP contribution in [0, 0.1) is 5.92 Å². The third kappa shape index (κ3) is 4.20. The van der Waals surface area contributed by atoms with Gasteiger partial charge < -0.3 is 15.3 Å². The van der Waals surface area contributed by atoms with Crippen LogP contribution in [0.2, 0.25) is 0 Å². The van der Waals surface area contributed by atoms with E-state index in [2.05, 4.69) is 10.3 Å². The predicted octanol–water partition coefficient (Wildman–Crippen LogP) is 3.10. The van der Waals surface area contributed by atoms with Gasteiger partial charge in [-0.25, -0.2) is 4.98 Å². The van der Waals surface area contributed by atoms with E-state index in [0.717, 1.165) is 23.2 Å². The zero-order valence-electron chi connectivity index (χ0n) is 16.1. The van der Waals surface area contributed by atoms with Crippen molar-refractivity contribution >= 4 is 34.0 Å². The Balaban J connectivity index is 1.73. The Morgan fingerprint density at radius 2 is 2.11 bits per heavy atom. The Morgan fingerprint density at radius 1 is 1.37 bits per heavy atom. The number of thiazole rings is 1. The predicted molar refractivity (Wildman–Crippen MR) is 107 cm³/mol. The molecule has 0 fully saturated rings. The lowest BCUT2D eigenvalue weighted by Crippen LogP contribution is -2.30. The van der Waals surface area contributed by atoms with Crippen molar-refractivity contribution in [3.05, 3.63) is 40.4 Å². The molecular formula is C20H25N3O3S. The minimum absolute atomic E-state index is 0.0336. The van der Waals surface area contributed by atoms with Gasteiger partial charge in [0.25, 0.3) is 0 Å². The molecule has 2 N–H and O–H groups in total. The van der Waals surface area contributed by atoms with Crippen LogP contribution in [0.25, 0.3) is 0 Å². The van der Waals surface area contributed by atoms with Crippen molar-refractivity contribution in [2.75, 3.05) is 16.8 Å². The molecule has 0 unspecified atom stereocenters. The highest BCUT2D eigenvalue weighted by Crippen LogP contribution is 2.36. The molecule has 1 aromatic heterocycles. The summed E-state index contributed by atoms with van der Waals surface area (Å²) in [5, 5.41) is 15.5. The van der Waals surface area contributed by atoms with Crippen LogP contribution >= 0.6 is 11.3 Å². The molecule has 0 spiro atoms. The average molecular weight is 388 g/mol. The summed E-state index contributed by atoms with van der Waals surface area (Å²) < 4.78 is 0. The number of amides is 2. The van der Waals surface area contributed by atoms with Crippen molar-refractivity contribution in [3.8, 4) is 0 Å². The first-order valence-electron chi connectivity index (χ1n) is 9.07. The Morgan fingerprint density at radius 3 is 2.78 bits per heavy atom. The molecule has 7 heteroatoms. The van der Waals surface area contributed by atoms with Gasteiger partial charge in [-0.3, -0.25) is 9.59 Å². The fourth-order valence-electron chi connectivity index (χ4n) is 3.21. The summed E-state index contributed by atoms with van der Waals surface area (Å²) in [5.41, 5.74) is 2.46. The van der Waals surface area contributed by atoms with Crippen LogP contribution in [0.15, 0.2) is 23.6 Å². The summed E-state index contributed by atoms with van der Waals surface area (Å²) in [7, 11) is 0. The number of aliphatic hydroxyl groups is 1. The summed E-state index contributed by atoms with van der Waals surface area (Å²) in [6.07, 6.45) is 0.911. The number of hydrogen-bond acceptors (Lipinski definition) is 5. The van der Waals surface area contributed by atoms with Gasteiger partial charge in [0.1, 0.15) is 0 Å². The molecule has 0 bridgehead atoms. The van der Waals surface area contributed by atoms with Crippen molar-refractivity contribution < 1.29 is 14.7 Å². The molecule has 144 valence electrons. The molecule has 2 amide bonds. The maximum atomic E-state index is 12.8. The van der Waals surface area contributed by atoms with Crippen molar-refractivity contribution in [1.29, 1.82) is 0 Å². The van der Waals surface area contributed by atoms with E-state index in [1.807, 2.05) is 32.0 Å². The number of rotatable bonds is 5. The second kappa shape index (κ2) is 7.40. The van der Waals surface area contributed by atoms with Crippen LogP contribution in [0.3, 0.4) is 0 Å². The average Bonchev–Trinajstić information content (AvgIpc) is 3.20. The van der Waals surface area contributed by atoms with E-state index in [-0.39, 0.29) is 24.2 Å². The number of nitrogens with one attached hydrogen (secondary N) is 1. The minimum Gasteiger partial charge on any atom is -0.386 e. The van der Waals surface area contributed by atoms with E-state index in [1.165, 1.54) is 11.3 Å². The number of carbonyl (C=O) groups is 2. The van der Waals surface area contributed by atoms with Crippen LogP contribution < -0.4 is 10.2 Å². The number of anilines is 2. The largest absolute Gasteiger partial charge is 0.386 e. The highest BCUT2D eigenvalue weighted by molar-refractivity contribution is 7.13. The van der Waals surface area contributed by atoms with Gasteiger partial charge in [0.05, 0.1) is 17.7 Å². The number of aromatic nitrogens is 1. The highest BCUT2D eigenvalue weighted by Gasteiger charge is 2.30.